The van der Waals surface area contributed by atoms with Crippen LogP contribution in [0.15, 0.2) is 28.6 Å². The number of anilines is 1. The Morgan fingerprint density at radius 3 is 2.78 bits per heavy atom. The lowest BCUT2D eigenvalue weighted by Crippen LogP contribution is -2.10. The van der Waals surface area contributed by atoms with Gasteiger partial charge in [0.1, 0.15) is 5.69 Å². The van der Waals surface area contributed by atoms with E-state index in [0.717, 1.165) is 10.5 Å². The highest BCUT2D eigenvalue weighted by Crippen LogP contribution is 2.26. The molecule has 0 aliphatic rings. The summed E-state index contributed by atoms with van der Waals surface area (Å²) in [6.45, 7) is 1.97. The standard InChI is InChI=1S/C11H12N4O2S/c1-7-6-18-11(14(7)2)13-8-3-4-9(12)10(5-8)15(16)17/h3-6H,12H2,1-2H3. The molecule has 0 aliphatic heterocycles. The minimum atomic E-state index is -0.506. The maximum Gasteiger partial charge on any atom is 0.294 e. The first kappa shape index (κ1) is 12.3. The number of rotatable bonds is 2. The Morgan fingerprint density at radius 1 is 1.50 bits per heavy atom. The van der Waals surface area contributed by atoms with Crippen LogP contribution in [-0.4, -0.2) is 9.49 Å². The summed E-state index contributed by atoms with van der Waals surface area (Å²) in [4.78, 5) is 15.4. The summed E-state index contributed by atoms with van der Waals surface area (Å²) in [5, 5.41) is 12.8. The van der Waals surface area contributed by atoms with Gasteiger partial charge < -0.3 is 10.3 Å². The van der Waals surface area contributed by atoms with Crippen LogP contribution >= 0.6 is 11.3 Å². The van der Waals surface area contributed by atoms with Crippen LogP contribution in [0.4, 0.5) is 17.1 Å². The molecule has 7 heteroatoms. The number of nitrogen functional groups attached to an aromatic ring is 1. The van der Waals surface area contributed by atoms with Gasteiger partial charge in [-0.2, -0.15) is 0 Å². The molecule has 0 spiro atoms. The number of nitro groups is 1. The van der Waals surface area contributed by atoms with Gasteiger partial charge in [0.2, 0.25) is 0 Å². The molecule has 0 fully saturated rings. The molecule has 0 aliphatic carbocycles. The molecule has 6 nitrogen and oxygen atoms in total. The average Bonchev–Trinajstić information content (AvgIpc) is 2.63. The minimum Gasteiger partial charge on any atom is -0.393 e. The van der Waals surface area contributed by atoms with E-state index < -0.39 is 4.92 Å². The van der Waals surface area contributed by atoms with Crippen molar-refractivity contribution >= 4 is 28.4 Å². The Hall–Kier alpha value is -2.15. The smallest absolute Gasteiger partial charge is 0.294 e. The third-order valence-electron chi connectivity index (χ3n) is 2.59. The minimum absolute atomic E-state index is 0.118. The van der Waals surface area contributed by atoms with Crippen LogP contribution < -0.4 is 10.5 Å². The number of nitro benzene ring substituents is 1. The number of aryl methyl sites for hydroxylation is 1. The first-order chi connectivity index (χ1) is 8.49. The maximum atomic E-state index is 10.8. The molecule has 0 atom stereocenters. The lowest BCUT2D eigenvalue weighted by atomic mass is 10.2. The summed E-state index contributed by atoms with van der Waals surface area (Å²) >= 11 is 1.48. The molecule has 2 N–H and O–H groups in total. The van der Waals surface area contributed by atoms with Crippen molar-refractivity contribution in [3.63, 3.8) is 0 Å². The van der Waals surface area contributed by atoms with Crippen molar-refractivity contribution in [1.29, 1.82) is 0 Å². The zero-order valence-electron chi connectivity index (χ0n) is 9.95. The fourth-order valence-corrected chi connectivity index (χ4v) is 2.31. The van der Waals surface area contributed by atoms with Crippen molar-refractivity contribution in [3.05, 3.63) is 44.2 Å². The third kappa shape index (κ3) is 2.25. The normalized spacial score (nSPS) is 11.8. The Bertz CT molecular complexity index is 672. The van der Waals surface area contributed by atoms with Gasteiger partial charge in [-0.25, -0.2) is 4.99 Å². The van der Waals surface area contributed by atoms with E-state index >= 15 is 0 Å². The van der Waals surface area contributed by atoms with Crippen LogP contribution in [0.3, 0.4) is 0 Å². The number of hydrogen-bond acceptors (Lipinski definition) is 5. The Balaban J connectivity index is 2.54. The number of thiazole rings is 1. The van der Waals surface area contributed by atoms with Gasteiger partial charge in [0.15, 0.2) is 4.80 Å². The topological polar surface area (TPSA) is 86.4 Å². The fraction of sp³-hybridized carbons (Fsp3) is 0.182. The molecule has 0 saturated heterocycles. The van der Waals surface area contributed by atoms with Crippen LogP contribution in [0.25, 0.3) is 0 Å². The summed E-state index contributed by atoms with van der Waals surface area (Å²) in [6.07, 6.45) is 0. The number of nitrogens with zero attached hydrogens (tertiary/aromatic N) is 3. The molecule has 0 amide bonds. The highest BCUT2D eigenvalue weighted by molar-refractivity contribution is 7.07. The number of aromatic nitrogens is 1. The van der Waals surface area contributed by atoms with Crippen LogP contribution in [0.2, 0.25) is 0 Å². The number of benzene rings is 1. The van der Waals surface area contributed by atoms with Crippen molar-refractivity contribution in [1.82, 2.24) is 4.57 Å². The quantitative estimate of drug-likeness (QED) is 0.512. The molecule has 0 unspecified atom stereocenters. The van der Waals surface area contributed by atoms with E-state index in [0.29, 0.717) is 5.69 Å². The van der Waals surface area contributed by atoms with Gasteiger partial charge in [-0.05, 0) is 19.1 Å². The predicted octanol–water partition coefficient (Wildman–Crippen LogP) is 2.12. The fourth-order valence-electron chi connectivity index (χ4n) is 1.42. The Labute approximate surface area is 107 Å². The van der Waals surface area contributed by atoms with Crippen molar-refractivity contribution < 1.29 is 4.92 Å². The second-order valence-corrected chi connectivity index (χ2v) is 4.67. The monoisotopic (exact) mass is 264 g/mol. The van der Waals surface area contributed by atoms with E-state index in [1.54, 1.807) is 6.07 Å². The summed E-state index contributed by atoms with van der Waals surface area (Å²) < 4.78 is 1.92. The molecule has 1 aromatic heterocycles. The van der Waals surface area contributed by atoms with E-state index in [1.807, 2.05) is 23.9 Å². The number of hydrogen-bond donors (Lipinski definition) is 1. The highest BCUT2D eigenvalue weighted by atomic mass is 32.1. The van der Waals surface area contributed by atoms with Gasteiger partial charge in [0.05, 0.1) is 10.6 Å². The Kier molecular flexibility index (Phi) is 3.15. The van der Waals surface area contributed by atoms with Crippen LogP contribution in [-0.2, 0) is 7.05 Å². The summed E-state index contributed by atoms with van der Waals surface area (Å²) in [7, 11) is 1.90. The second kappa shape index (κ2) is 4.61. The van der Waals surface area contributed by atoms with Crippen molar-refractivity contribution in [2.45, 2.75) is 6.92 Å². The van der Waals surface area contributed by atoms with E-state index in [1.165, 1.54) is 23.5 Å². The summed E-state index contributed by atoms with van der Waals surface area (Å²) in [6, 6.07) is 4.54. The van der Waals surface area contributed by atoms with E-state index in [4.69, 9.17) is 5.73 Å². The van der Waals surface area contributed by atoms with E-state index in [-0.39, 0.29) is 11.4 Å². The third-order valence-corrected chi connectivity index (χ3v) is 3.62. The largest absolute Gasteiger partial charge is 0.393 e. The van der Waals surface area contributed by atoms with Gasteiger partial charge in [-0.1, -0.05) is 0 Å². The van der Waals surface area contributed by atoms with Gasteiger partial charge in [-0.15, -0.1) is 11.3 Å². The van der Waals surface area contributed by atoms with Crippen LogP contribution in [0.5, 0.6) is 0 Å². The van der Waals surface area contributed by atoms with Crippen LogP contribution in [0.1, 0.15) is 5.69 Å². The van der Waals surface area contributed by atoms with E-state index in [2.05, 4.69) is 4.99 Å². The molecule has 0 saturated carbocycles. The van der Waals surface area contributed by atoms with Gasteiger partial charge >= 0.3 is 0 Å². The SMILES string of the molecule is Cc1csc(=Nc2ccc(N)c([N+](=O)[O-])c2)n1C. The average molecular weight is 264 g/mol. The molecule has 18 heavy (non-hydrogen) atoms. The second-order valence-electron chi connectivity index (χ2n) is 3.83. The molecule has 0 radical (unpaired) electrons. The predicted molar refractivity (Wildman–Crippen MR) is 70.8 cm³/mol. The first-order valence-corrected chi connectivity index (χ1v) is 6.07. The zero-order chi connectivity index (χ0) is 13.3. The summed E-state index contributed by atoms with van der Waals surface area (Å²) in [5.41, 5.74) is 7.17. The molecule has 2 aromatic rings. The molecular formula is C11H12N4O2S. The Morgan fingerprint density at radius 2 is 2.22 bits per heavy atom. The summed E-state index contributed by atoms with van der Waals surface area (Å²) in [5.74, 6) is 0. The van der Waals surface area contributed by atoms with Gasteiger partial charge in [0.25, 0.3) is 5.69 Å². The van der Waals surface area contributed by atoms with Crippen molar-refractivity contribution in [3.8, 4) is 0 Å². The van der Waals surface area contributed by atoms with Crippen molar-refractivity contribution in [2.24, 2.45) is 12.0 Å². The van der Waals surface area contributed by atoms with Crippen molar-refractivity contribution in [2.75, 3.05) is 5.73 Å². The van der Waals surface area contributed by atoms with E-state index in [9.17, 15) is 10.1 Å². The highest BCUT2D eigenvalue weighted by Gasteiger charge is 2.11. The molecular weight excluding hydrogens is 252 g/mol. The zero-order valence-corrected chi connectivity index (χ0v) is 10.8. The van der Waals surface area contributed by atoms with Gasteiger partial charge in [0, 0.05) is 24.2 Å². The lowest BCUT2D eigenvalue weighted by molar-refractivity contribution is -0.383. The molecule has 1 heterocycles. The molecule has 1 aromatic carbocycles. The molecule has 0 bridgehead atoms. The van der Waals surface area contributed by atoms with Gasteiger partial charge in [-0.3, -0.25) is 10.1 Å². The lowest BCUT2D eigenvalue weighted by Gasteiger charge is -1.98. The first-order valence-electron chi connectivity index (χ1n) is 5.19. The molecule has 94 valence electrons. The number of nitrogens with two attached hydrogens (primary N) is 1. The maximum absolute atomic E-state index is 10.8. The van der Waals surface area contributed by atoms with Crippen LogP contribution in [0, 0.1) is 17.0 Å². The molecule has 2 rings (SSSR count).